The van der Waals surface area contributed by atoms with E-state index in [0.29, 0.717) is 50.0 Å². The lowest BCUT2D eigenvalue weighted by molar-refractivity contribution is -0.124. The number of anilines is 1. The Bertz CT molecular complexity index is 2080. The first-order valence-corrected chi connectivity index (χ1v) is 18.1. The molecule has 0 atom stereocenters. The number of fused-ring (bicyclic) bond motifs is 3. The van der Waals surface area contributed by atoms with Crippen LogP contribution < -0.4 is 11.9 Å². The first-order chi connectivity index (χ1) is 23.0. The molecule has 0 saturated heterocycles. The lowest BCUT2D eigenvalue weighted by atomic mass is 9.82. The van der Waals surface area contributed by atoms with E-state index in [1.807, 2.05) is 31.8 Å². The van der Waals surface area contributed by atoms with E-state index < -0.39 is 0 Å². The molecular weight excluding hydrogens is 889 g/mol. The largest absolute Gasteiger partial charge is 0.412 e. The Hall–Kier alpha value is -2.81. The molecule has 0 aliphatic heterocycles. The highest BCUT2D eigenvalue weighted by Gasteiger charge is 2.34. The van der Waals surface area contributed by atoms with Crippen LogP contribution in [-0.4, -0.2) is 76.8 Å². The maximum Gasteiger partial charge on any atom is 0.155 e. The summed E-state index contributed by atoms with van der Waals surface area (Å²) in [6, 6.07) is 0. The number of aromatic nitrogens is 9. The van der Waals surface area contributed by atoms with Crippen LogP contribution in [0.15, 0.2) is 51.0 Å². The first kappa shape index (κ1) is 38.4. The lowest BCUT2D eigenvalue weighted by Crippen LogP contribution is -2.27. The normalized spacial score (nSPS) is 21.1. The minimum atomic E-state index is -0.187. The van der Waals surface area contributed by atoms with Gasteiger partial charge in [-0.15, -0.1) is 0 Å². The molecule has 0 aromatic carbocycles. The van der Waals surface area contributed by atoms with Gasteiger partial charge in [0.2, 0.25) is 0 Å². The molecule has 3 aliphatic rings. The summed E-state index contributed by atoms with van der Waals surface area (Å²) in [6.07, 6.45) is 14.3. The molecule has 6 aromatic rings. The van der Waals surface area contributed by atoms with E-state index in [0.717, 1.165) is 64.3 Å². The highest BCUT2D eigenvalue weighted by molar-refractivity contribution is 9.11. The van der Waals surface area contributed by atoms with Gasteiger partial charge < -0.3 is 27.6 Å². The molecule has 3 fully saturated rings. The van der Waals surface area contributed by atoms with E-state index in [1.54, 1.807) is 18.6 Å². The average Bonchev–Trinajstić information content (AvgIpc) is 3.65. The number of imidazole rings is 3. The van der Waals surface area contributed by atoms with Crippen molar-refractivity contribution in [1.82, 2.24) is 49.3 Å². The fourth-order valence-electron chi connectivity index (χ4n) is 6.14. The molecule has 3 aliphatic carbocycles. The SMILES string of the molecule is N.Nc1nccn2c(C3CC(O)C3)nc(Br)c12.O.O=C1CC(c2nc(Br)c3c(Cl)nccn23)C1.OC1CC(c2nc(Br)c3c(Cl)nccn23)C1. The highest BCUT2D eigenvalue weighted by atomic mass is 79.9. The number of nitrogens with two attached hydrogens (primary N) is 1. The molecule has 3 saturated carbocycles. The second-order valence-electron chi connectivity index (χ2n) is 12.0. The Morgan fingerprint density at radius 3 is 1.42 bits per heavy atom. The van der Waals surface area contributed by atoms with Crippen LogP contribution >= 0.6 is 71.0 Å². The number of hydrogen-bond donors (Lipinski definition) is 4. The van der Waals surface area contributed by atoms with Gasteiger partial charge in [0.15, 0.2) is 16.1 Å². The minimum absolute atomic E-state index is 0. The molecule has 9 rings (SSSR count). The fourth-order valence-corrected chi connectivity index (χ4v) is 8.54. The number of nitrogen functional groups attached to an aromatic ring is 1. The van der Waals surface area contributed by atoms with Crippen molar-refractivity contribution in [2.24, 2.45) is 0 Å². The van der Waals surface area contributed by atoms with Crippen LogP contribution in [0.25, 0.3) is 16.6 Å². The second kappa shape index (κ2) is 15.4. The summed E-state index contributed by atoms with van der Waals surface area (Å²) in [5, 5.41) is 19.5. The monoisotopic (exact) mass is 917 g/mol. The highest BCUT2D eigenvalue weighted by Crippen LogP contribution is 2.40. The van der Waals surface area contributed by atoms with E-state index in [2.05, 4.69) is 77.7 Å². The van der Waals surface area contributed by atoms with Crippen molar-refractivity contribution in [3.8, 4) is 0 Å². The van der Waals surface area contributed by atoms with Crippen LogP contribution in [0.1, 0.15) is 73.8 Å². The molecule has 0 unspecified atom stereocenters. The van der Waals surface area contributed by atoms with Gasteiger partial charge in [0, 0.05) is 67.8 Å². The topological polar surface area (TPSA) is 241 Å². The Kier molecular flexibility index (Phi) is 11.9. The minimum Gasteiger partial charge on any atom is -0.412 e. The fraction of sp³-hybridized carbons (Fsp3) is 0.367. The number of nitrogens with zero attached hydrogens (tertiary/aromatic N) is 9. The summed E-state index contributed by atoms with van der Waals surface area (Å²) in [6.45, 7) is 0. The van der Waals surface area contributed by atoms with E-state index in [4.69, 9.17) is 28.9 Å². The van der Waals surface area contributed by atoms with Gasteiger partial charge in [-0.3, -0.25) is 18.0 Å². The number of Topliss-reactive ketones (excluding diaryl/α,β-unsaturated/α-hetero) is 1. The third-order valence-corrected chi connectivity index (χ3v) is 11.0. The molecule has 6 aromatic heterocycles. The van der Waals surface area contributed by atoms with Gasteiger partial charge in [-0.1, -0.05) is 23.2 Å². The number of hydrogen-bond acceptors (Lipinski definition) is 11. The first-order valence-electron chi connectivity index (χ1n) is 15.0. The van der Waals surface area contributed by atoms with Gasteiger partial charge in [0.25, 0.3) is 0 Å². The summed E-state index contributed by atoms with van der Waals surface area (Å²) in [7, 11) is 0. The Balaban J connectivity index is 0.000000143. The van der Waals surface area contributed by atoms with Crippen molar-refractivity contribution >= 4 is 99.1 Å². The van der Waals surface area contributed by atoms with Gasteiger partial charge in [-0.2, -0.15) is 0 Å². The third kappa shape index (κ3) is 7.14. The molecule has 6 heterocycles. The average molecular weight is 921 g/mol. The Labute approximate surface area is 320 Å². The molecule has 0 amide bonds. The van der Waals surface area contributed by atoms with E-state index >= 15 is 0 Å². The van der Waals surface area contributed by atoms with Crippen molar-refractivity contribution < 1.29 is 20.5 Å². The maximum absolute atomic E-state index is 11.0. The van der Waals surface area contributed by atoms with Crippen LogP contribution in [0.2, 0.25) is 10.3 Å². The Morgan fingerprint density at radius 1 is 0.660 bits per heavy atom. The standard InChI is InChI=1S/C10H9BrClN3O.C10H7BrClN3O.C10H11BrN4O.H3N.H2O/c3*11-8-7-9(12)13-1-2-15(7)10(14-8)5-3-6(16)4-5;;/h1-2,5-6,16H,3-4H2;1-2,5H,3-4H2;1-2,5-6,16H,3-4H2,(H2,12,13);1H3;1H2. The van der Waals surface area contributed by atoms with Gasteiger partial charge in [0.05, 0.1) is 12.2 Å². The maximum atomic E-state index is 11.0. The molecule has 50 heavy (non-hydrogen) atoms. The van der Waals surface area contributed by atoms with E-state index in [9.17, 15) is 15.0 Å². The summed E-state index contributed by atoms with van der Waals surface area (Å²) in [5.41, 5.74) is 8.17. The zero-order valence-electron chi connectivity index (χ0n) is 26.1. The smallest absolute Gasteiger partial charge is 0.155 e. The number of aliphatic hydroxyl groups is 2. The summed E-state index contributed by atoms with van der Waals surface area (Å²) < 4.78 is 7.89. The van der Waals surface area contributed by atoms with Gasteiger partial charge >= 0.3 is 0 Å². The molecule has 0 radical (unpaired) electrons. The number of ketones is 1. The molecular formula is C30H32Br3Cl2N11O4. The van der Waals surface area contributed by atoms with E-state index in [-0.39, 0.29) is 35.5 Å². The quantitative estimate of drug-likeness (QED) is 0.170. The van der Waals surface area contributed by atoms with E-state index in [1.165, 1.54) is 0 Å². The third-order valence-electron chi connectivity index (χ3n) is 8.83. The molecule has 0 spiro atoms. The van der Waals surface area contributed by atoms with Gasteiger partial charge in [0.1, 0.15) is 53.6 Å². The van der Waals surface area contributed by atoms with Crippen molar-refractivity contribution in [1.29, 1.82) is 0 Å². The summed E-state index contributed by atoms with van der Waals surface area (Å²) in [4.78, 5) is 36.4. The number of halogens is 5. The van der Waals surface area contributed by atoms with Crippen molar-refractivity contribution in [2.45, 2.75) is 68.5 Å². The van der Waals surface area contributed by atoms with Crippen molar-refractivity contribution in [3.63, 3.8) is 0 Å². The molecule has 9 N–H and O–H groups in total. The van der Waals surface area contributed by atoms with Crippen LogP contribution in [0.5, 0.6) is 0 Å². The second-order valence-corrected chi connectivity index (χ2v) is 14.9. The summed E-state index contributed by atoms with van der Waals surface area (Å²) >= 11 is 22.2. The Morgan fingerprint density at radius 2 is 1.02 bits per heavy atom. The lowest BCUT2D eigenvalue weighted by Gasteiger charge is -2.30. The van der Waals surface area contributed by atoms with Gasteiger partial charge in [-0.25, -0.2) is 29.9 Å². The van der Waals surface area contributed by atoms with Crippen LogP contribution in [-0.2, 0) is 4.79 Å². The van der Waals surface area contributed by atoms with Gasteiger partial charge in [-0.05, 0) is 73.5 Å². The van der Waals surface area contributed by atoms with Crippen molar-refractivity contribution in [3.05, 3.63) is 78.8 Å². The van der Waals surface area contributed by atoms with Crippen molar-refractivity contribution in [2.75, 3.05) is 5.73 Å². The predicted molar refractivity (Wildman–Crippen MR) is 198 cm³/mol. The summed E-state index contributed by atoms with van der Waals surface area (Å²) in [5.74, 6) is 4.36. The number of rotatable bonds is 3. The number of carbonyl (C=O) groups excluding carboxylic acids is 1. The number of aliphatic hydroxyl groups excluding tert-OH is 2. The van der Waals surface area contributed by atoms with Crippen LogP contribution in [0.4, 0.5) is 5.82 Å². The molecule has 266 valence electrons. The molecule has 20 heteroatoms. The zero-order chi connectivity index (χ0) is 33.9. The zero-order valence-corrected chi connectivity index (χ0v) is 32.4. The molecule has 15 nitrogen and oxygen atoms in total. The number of carbonyl (C=O) groups is 1. The predicted octanol–water partition coefficient (Wildman–Crippen LogP) is 5.62. The van der Waals surface area contributed by atoms with Crippen LogP contribution in [0, 0.1) is 0 Å². The molecule has 0 bridgehead atoms. The van der Waals surface area contributed by atoms with Crippen LogP contribution in [0.3, 0.4) is 0 Å².